The SMILES string of the molecule is CS(=O)(=O)n1cc(CN2CCN(CC(=O)N/N=C\c3ccc(O)cc3)CC2)c2ccccc21. The number of nitrogens with one attached hydrogen (secondary N) is 1. The number of aromatic hydroxyl groups is 1. The third-order valence-electron chi connectivity index (χ3n) is 5.64. The van der Waals surface area contributed by atoms with Crippen LogP contribution in [0.15, 0.2) is 59.8 Å². The highest BCUT2D eigenvalue weighted by Crippen LogP contribution is 2.24. The molecule has 1 aromatic heterocycles. The van der Waals surface area contributed by atoms with Crippen molar-refractivity contribution in [1.29, 1.82) is 0 Å². The zero-order valence-electron chi connectivity index (χ0n) is 18.4. The Morgan fingerprint density at radius 1 is 1.06 bits per heavy atom. The molecule has 0 spiro atoms. The van der Waals surface area contributed by atoms with Crippen LogP contribution in [0, 0.1) is 0 Å². The van der Waals surface area contributed by atoms with Crippen molar-refractivity contribution in [3.8, 4) is 5.75 Å². The number of fused-ring (bicyclic) bond motifs is 1. The van der Waals surface area contributed by atoms with E-state index in [-0.39, 0.29) is 18.2 Å². The van der Waals surface area contributed by atoms with E-state index in [4.69, 9.17) is 0 Å². The molecule has 174 valence electrons. The molecular weight excluding hydrogens is 442 g/mol. The van der Waals surface area contributed by atoms with Crippen LogP contribution in [0.5, 0.6) is 5.75 Å². The van der Waals surface area contributed by atoms with Crippen molar-refractivity contribution in [2.75, 3.05) is 39.0 Å². The van der Waals surface area contributed by atoms with E-state index in [2.05, 4.69) is 20.3 Å². The molecule has 1 aliphatic rings. The molecule has 1 amide bonds. The number of amides is 1. The second-order valence-corrected chi connectivity index (χ2v) is 10.0. The van der Waals surface area contributed by atoms with Crippen molar-refractivity contribution >= 4 is 33.0 Å². The Labute approximate surface area is 193 Å². The molecular formula is C23H27N5O4S. The lowest BCUT2D eigenvalue weighted by Crippen LogP contribution is -2.48. The van der Waals surface area contributed by atoms with Crippen molar-refractivity contribution in [1.82, 2.24) is 19.2 Å². The number of carbonyl (C=O) groups is 1. The number of rotatable bonds is 7. The molecule has 0 aliphatic carbocycles. The summed E-state index contributed by atoms with van der Waals surface area (Å²) >= 11 is 0. The van der Waals surface area contributed by atoms with Crippen molar-refractivity contribution in [3.05, 3.63) is 65.9 Å². The van der Waals surface area contributed by atoms with Gasteiger partial charge in [-0.25, -0.2) is 17.8 Å². The summed E-state index contributed by atoms with van der Waals surface area (Å²) in [6.45, 7) is 3.94. The maximum Gasteiger partial charge on any atom is 0.254 e. The van der Waals surface area contributed by atoms with E-state index in [1.165, 1.54) is 16.4 Å². The molecule has 0 unspecified atom stereocenters. The van der Waals surface area contributed by atoms with Crippen LogP contribution >= 0.6 is 0 Å². The summed E-state index contributed by atoms with van der Waals surface area (Å²) < 4.78 is 25.6. The Morgan fingerprint density at radius 3 is 2.42 bits per heavy atom. The predicted octanol–water partition coefficient (Wildman–Crippen LogP) is 1.42. The Morgan fingerprint density at radius 2 is 1.73 bits per heavy atom. The summed E-state index contributed by atoms with van der Waals surface area (Å²) in [7, 11) is -3.38. The fraction of sp³-hybridized carbons (Fsp3) is 0.304. The highest BCUT2D eigenvalue weighted by atomic mass is 32.2. The Hall–Kier alpha value is -3.21. The van der Waals surface area contributed by atoms with E-state index in [1.807, 2.05) is 24.3 Å². The van der Waals surface area contributed by atoms with Gasteiger partial charge in [0.25, 0.3) is 5.91 Å². The van der Waals surface area contributed by atoms with Crippen LogP contribution < -0.4 is 5.43 Å². The van der Waals surface area contributed by atoms with Crippen LogP contribution in [0.3, 0.4) is 0 Å². The number of carbonyl (C=O) groups excluding carboxylic acids is 1. The third-order valence-corrected chi connectivity index (χ3v) is 6.66. The standard InChI is InChI=1S/C23H27N5O4S/c1-33(31,32)28-16-19(21-4-2-3-5-22(21)28)15-26-10-12-27(13-11-26)17-23(30)25-24-14-18-6-8-20(29)9-7-18/h2-9,14,16,29H,10-13,15,17H2,1H3,(H,25,30)/b24-14-. The van der Waals surface area contributed by atoms with Crippen molar-refractivity contribution < 1.29 is 18.3 Å². The maximum atomic E-state index is 12.2. The number of hydrogen-bond donors (Lipinski definition) is 2. The van der Waals surface area contributed by atoms with Gasteiger partial charge < -0.3 is 5.11 Å². The minimum absolute atomic E-state index is 0.177. The van der Waals surface area contributed by atoms with Gasteiger partial charge >= 0.3 is 0 Å². The van der Waals surface area contributed by atoms with Gasteiger partial charge in [0.2, 0.25) is 10.0 Å². The van der Waals surface area contributed by atoms with Gasteiger partial charge in [-0.1, -0.05) is 18.2 Å². The number of aromatic nitrogens is 1. The number of hydrazone groups is 1. The Bertz CT molecular complexity index is 1260. The molecule has 2 N–H and O–H groups in total. The first-order valence-corrected chi connectivity index (χ1v) is 12.5. The normalized spacial score (nSPS) is 15.9. The van der Waals surface area contributed by atoms with Crippen molar-refractivity contribution in [2.24, 2.45) is 5.10 Å². The highest BCUT2D eigenvalue weighted by molar-refractivity contribution is 7.89. The maximum absolute atomic E-state index is 12.2. The molecule has 10 heteroatoms. The van der Waals surface area contributed by atoms with Crippen LogP contribution in [0.1, 0.15) is 11.1 Å². The van der Waals surface area contributed by atoms with E-state index in [1.54, 1.807) is 30.5 Å². The highest BCUT2D eigenvalue weighted by Gasteiger charge is 2.21. The first-order chi connectivity index (χ1) is 15.8. The van der Waals surface area contributed by atoms with Gasteiger partial charge in [0.05, 0.1) is 24.5 Å². The van der Waals surface area contributed by atoms with Gasteiger partial charge in [-0.05, 0) is 41.5 Å². The lowest BCUT2D eigenvalue weighted by Gasteiger charge is -2.34. The van der Waals surface area contributed by atoms with Crippen LogP contribution in [0.4, 0.5) is 0 Å². The second-order valence-electron chi connectivity index (χ2n) is 8.17. The van der Waals surface area contributed by atoms with Gasteiger partial charge in [0, 0.05) is 44.3 Å². The first kappa shape index (κ1) is 23.0. The van der Waals surface area contributed by atoms with Gasteiger partial charge in [-0.3, -0.25) is 14.6 Å². The topological polar surface area (TPSA) is 107 Å². The minimum Gasteiger partial charge on any atom is -0.508 e. The fourth-order valence-electron chi connectivity index (χ4n) is 3.94. The molecule has 2 heterocycles. The zero-order chi connectivity index (χ0) is 23.4. The monoisotopic (exact) mass is 469 g/mol. The van der Waals surface area contributed by atoms with Crippen LogP contribution in [0.2, 0.25) is 0 Å². The molecule has 33 heavy (non-hydrogen) atoms. The number of phenolic OH excluding ortho intramolecular Hbond substituents is 1. The Balaban J connectivity index is 1.29. The second kappa shape index (κ2) is 9.74. The lowest BCUT2D eigenvalue weighted by molar-refractivity contribution is -0.122. The van der Waals surface area contributed by atoms with Crippen LogP contribution in [-0.2, 0) is 21.4 Å². The van der Waals surface area contributed by atoms with Gasteiger partial charge in [0.1, 0.15) is 5.75 Å². The van der Waals surface area contributed by atoms with Gasteiger partial charge in [-0.2, -0.15) is 5.10 Å². The molecule has 0 bridgehead atoms. The lowest BCUT2D eigenvalue weighted by atomic mass is 10.1. The van der Waals surface area contributed by atoms with Crippen molar-refractivity contribution in [2.45, 2.75) is 6.54 Å². The molecule has 0 radical (unpaired) electrons. The quantitative estimate of drug-likeness (QED) is 0.400. The number of para-hydroxylation sites is 1. The number of phenols is 1. The van der Waals surface area contributed by atoms with Crippen molar-refractivity contribution in [3.63, 3.8) is 0 Å². The molecule has 1 saturated heterocycles. The fourth-order valence-corrected chi connectivity index (χ4v) is 4.78. The largest absolute Gasteiger partial charge is 0.508 e. The number of piperazine rings is 1. The summed E-state index contributed by atoms with van der Waals surface area (Å²) in [5.41, 5.74) is 4.98. The number of hydrogen-bond acceptors (Lipinski definition) is 7. The van der Waals surface area contributed by atoms with Crippen LogP contribution in [-0.4, -0.2) is 78.4 Å². The zero-order valence-corrected chi connectivity index (χ0v) is 19.2. The molecule has 2 aromatic carbocycles. The van der Waals surface area contributed by atoms with E-state index < -0.39 is 10.0 Å². The summed E-state index contributed by atoms with van der Waals surface area (Å²) in [4.78, 5) is 16.5. The molecule has 0 saturated carbocycles. The minimum atomic E-state index is -3.38. The molecule has 3 aromatic rings. The summed E-state index contributed by atoms with van der Waals surface area (Å²) in [6, 6.07) is 14.1. The summed E-state index contributed by atoms with van der Waals surface area (Å²) in [5, 5.41) is 14.2. The summed E-state index contributed by atoms with van der Waals surface area (Å²) in [5.74, 6) is -0.00816. The Kier molecular flexibility index (Phi) is 6.77. The molecule has 0 atom stereocenters. The first-order valence-electron chi connectivity index (χ1n) is 10.6. The van der Waals surface area contributed by atoms with E-state index in [0.29, 0.717) is 12.1 Å². The van der Waals surface area contributed by atoms with E-state index in [9.17, 15) is 18.3 Å². The van der Waals surface area contributed by atoms with E-state index >= 15 is 0 Å². The van der Waals surface area contributed by atoms with Gasteiger partial charge in [0.15, 0.2) is 0 Å². The molecule has 1 aliphatic heterocycles. The van der Waals surface area contributed by atoms with Crippen LogP contribution in [0.25, 0.3) is 10.9 Å². The van der Waals surface area contributed by atoms with E-state index in [0.717, 1.165) is 42.7 Å². The smallest absolute Gasteiger partial charge is 0.254 e. The predicted molar refractivity (Wildman–Crippen MR) is 128 cm³/mol. The summed E-state index contributed by atoms with van der Waals surface area (Å²) in [6.07, 6.45) is 4.45. The van der Waals surface area contributed by atoms with Gasteiger partial charge in [-0.15, -0.1) is 0 Å². The average molecular weight is 470 g/mol. The molecule has 4 rings (SSSR count). The number of nitrogens with zero attached hydrogens (tertiary/aromatic N) is 4. The average Bonchev–Trinajstić information content (AvgIpc) is 3.16. The third kappa shape index (κ3) is 5.78. The molecule has 1 fully saturated rings. The number of benzene rings is 2. The molecule has 9 nitrogen and oxygen atoms in total.